The highest BCUT2D eigenvalue weighted by atomic mass is 32.2. The molecule has 2 aromatic heterocycles. The molecular formula is C15H16N2O2S. The van der Waals surface area contributed by atoms with Crippen molar-refractivity contribution >= 4 is 21.1 Å². The summed E-state index contributed by atoms with van der Waals surface area (Å²) < 4.78 is 26.5. The number of sulfone groups is 1. The van der Waals surface area contributed by atoms with E-state index in [4.69, 9.17) is 0 Å². The molecule has 2 aliphatic heterocycles. The van der Waals surface area contributed by atoms with Gasteiger partial charge in [0.25, 0.3) is 0 Å². The number of hydrogen-bond acceptors (Lipinski definition) is 3. The van der Waals surface area contributed by atoms with Crippen molar-refractivity contribution in [1.82, 2.24) is 9.38 Å². The quantitative estimate of drug-likeness (QED) is 0.810. The fraction of sp³-hybridized carbons (Fsp3) is 0.400. The van der Waals surface area contributed by atoms with E-state index in [1.54, 1.807) is 6.20 Å². The summed E-state index contributed by atoms with van der Waals surface area (Å²) in [5, 5.41) is -0.460. The lowest BCUT2D eigenvalue weighted by atomic mass is 9.94. The molecule has 0 spiro atoms. The molecule has 1 saturated heterocycles. The fourth-order valence-corrected chi connectivity index (χ4v) is 5.63. The van der Waals surface area contributed by atoms with Crippen molar-refractivity contribution in [1.29, 1.82) is 0 Å². The number of pyridine rings is 1. The van der Waals surface area contributed by atoms with Crippen LogP contribution in [0.5, 0.6) is 0 Å². The Morgan fingerprint density at radius 1 is 1.25 bits per heavy atom. The minimum atomic E-state index is -2.94. The van der Waals surface area contributed by atoms with E-state index in [2.05, 4.69) is 4.98 Å². The van der Waals surface area contributed by atoms with Gasteiger partial charge in [0.1, 0.15) is 5.65 Å². The maximum atomic E-state index is 12.3. The molecule has 5 heteroatoms. The van der Waals surface area contributed by atoms with Crippen molar-refractivity contribution in [3.8, 4) is 0 Å². The van der Waals surface area contributed by atoms with Gasteiger partial charge in [0, 0.05) is 18.6 Å². The predicted molar refractivity (Wildman–Crippen MR) is 78.1 cm³/mol. The van der Waals surface area contributed by atoms with Crippen molar-refractivity contribution in [2.45, 2.75) is 36.2 Å². The Morgan fingerprint density at radius 3 is 3.00 bits per heavy atom. The zero-order valence-electron chi connectivity index (χ0n) is 11.1. The summed E-state index contributed by atoms with van der Waals surface area (Å²) in [7, 11) is -2.94. The average molecular weight is 288 g/mol. The Balaban J connectivity index is 1.80. The van der Waals surface area contributed by atoms with Crippen LogP contribution >= 0.6 is 0 Å². The zero-order valence-corrected chi connectivity index (χ0v) is 11.9. The minimum Gasteiger partial charge on any atom is -0.307 e. The molecule has 0 amide bonds. The highest BCUT2D eigenvalue weighted by molar-refractivity contribution is 7.93. The molecule has 2 aliphatic rings. The second-order valence-electron chi connectivity index (χ2n) is 5.68. The van der Waals surface area contributed by atoms with Gasteiger partial charge in [-0.2, -0.15) is 0 Å². The summed E-state index contributed by atoms with van der Waals surface area (Å²) >= 11 is 0. The van der Waals surface area contributed by atoms with Crippen LogP contribution in [0.15, 0.2) is 36.8 Å². The summed E-state index contributed by atoms with van der Waals surface area (Å²) in [6, 6.07) is 4.09. The first kappa shape index (κ1) is 12.1. The van der Waals surface area contributed by atoms with Crippen molar-refractivity contribution in [2.75, 3.05) is 0 Å². The molecule has 0 N–H and O–H groups in total. The van der Waals surface area contributed by atoms with Crippen molar-refractivity contribution < 1.29 is 8.42 Å². The molecule has 104 valence electrons. The molecule has 2 unspecified atom stereocenters. The highest BCUT2D eigenvalue weighted by Gasteiger charge is 2.40. The van der Waals surface area contributed by atoms with Crippen LogP contribution in [0, 0.1) is 0 Å². The van der Waals surface area contributed by atoms with Crippen LogP contribution in [-0.4, -0.2) is 28.3 Å². The van der Waals surface area contributed by atoms with Crippen LogP contribution in [0.2, 0.25) is 0 Å². The molecule has 2 aromatic rings. The molecule has 4 rings (SSSR count). The SMILES string of the molecule is O=S1(=O)C2C=C(c3ccn4ccnc4c3)CC1CCC2. The van der Waals surface area contributed by atoms with E-state index in [0.29, 0.717) is 6.42 Å². The number of fused-ring (bicyclic) bond motifs is 3. The fourth-order valence-electron chi connectivity index (χ4n) is 3.38. The Morgan fingerprint density at radius 2 is 2.15 bits per heavy atom. The molecule has 4 nitrogen and oxygen atoms in total. The molecule has 2 atom stereocenters. The molecule has 0 radical (unpaired) electrons. The summed E-state index contributed by atoms with van der Waals surface area (Å²) in [4.78, 5) is 4.29. The van der Waals surface area contributed by atoms with Gasteiger partial charge >= 0.3 is 0 Å². The van der Waals surface area contributed by atoms with Crippen LogP contribution in [-0.2, 0) is 9.84 Å². The zero-order chi connectivity index (χ0) is 13.7. The molecule has 4 heterocycles. The first-order valence-electron chi connectivity index (χ1n) is 7.01. The molecule has 0 saturated carbocycles. The Kier molecular flexibility index (Phi) is 2.54. The number of imidazole rings is 1. The minimum absolute atomic E-state index is 0.183. The molecule has 0 aromatic carbocycles. The average Bonchev–Trinajstić information content (AvgIpc) is 2.84. The Bertz CT molecular complexity index is 804. The van der Waals surface area contributed by atoms with Crippen LogP contribution < -0.4 is 0 Å². The van der Waals surface area contributed by atoms with Gasteiger partial charge in [0.15, 0.2) is 9.84 Å². The monoisotopic (exact) mass is 288 g/mol. The maximum Gasteiger partial charge on any atom is 0.159 e. The Labute approximate surface area is 118 Å². The third-order valence-corrected chi connectivity index (χ3v) is 7.05. The summed E-state index contributed by atoms with van der Waals surface area (Å²) in [6.07, 6.45) is 10.9. The van der Waals surface area contributed by atoms with Crippen molar-refractivity contribution in [2.24, 2.45) is 0 Å². The van der Waals surface area contributed by atoms with E-state index in [1.807, 2.05) is 35.0 Å². The second-order valence-corrected chi connectivity index (χ2v) is 8.13. The van der Waals surface area contributed by atoms with Crippen molar-refractivity contribution in [3.63, 3.8) is 0 Å². The van der Waals surface area contributed by atoms with Crippen LogP contribution in [0.25, 0.3) is 11.2 Å². The lowest BCUT2D eigenvalue weighted by Crippen LogP contribution is -2.38. The third-order valence-electron chi connectivity index (χ3n) is 4.50. The predicted octanol–water partition coefficient (Wildman–Crippen LogP) is 2.46. The topological polar surface area (TPSA) is 51.4 Å². The number of nitrogens with zero attached hydrogens (tertiary/aromatic N) is 2. The van der Waals surface area contributed by atoms with E-state index in [1.165, 1.54) is 5.57 Å². The lowest BCUT2D eigenvalue weighted by Gasteiger charge is -2.33. The van der Waals surface area contributed by atoms with E-state index < -0.39 is 9.84 Å². The standard InChI is InChI=1S/C15H16N2O2S/c18-20(19)13-2-1-3-14(20)9-12(8-13)11-4-6-17-7-5-16-15(17)10-11/h4-8,10,13-14H,1-3,9H2. The van der Waals surface area contributed by atoms with Crippen LogP contribution in [0.3, 0.4) is 0 Å². The van der Waals surface area contributed by atoms with Crippen molar-refractivity contribution in [3.05, 3.63) is 42.4 Å². The van der Waals surface area contributed by atoms with Crippen LogP contribution in [0.4, 0.5) is 0 Å². The molecule has 20 heavy (non-hydrogen) atoms. The van der Waals surface area contributed by atoms with Gasteiger partial charge in [-0.1, -0.05) is 12.5 Å². The summed E-state index contributed by atoms with van der Waals surface area (Å²) in [5.41, 5.74) is 3.18. The number of hydrogen-bond donors (Lipinski definition) is 0. The molecule has 0 aliphatic carbocycles. The smallest absolute Gasteiger partial charge is 0.159 e. The number of aromatic nitrogens is 2. The van der Waals surface area contributed by atoms with Gasteiger partial charge in [-0.15, -0.1) is 0 Å². The Hall–Kier alpha value is -1.62. The first-order chi connectivity index (χ1) is 9.64. The summed E-state index contributed by atoms with van der Waals surface area (Å²) in [5.74, 6) is 0. The van der Waals surface area contributed by atoms with Gasteiger partial charge in [0.2, 0.25) is 0 Å². The summed E-state index contributed by atoms with van der Waals surface area (Å²) in [6.45, 7) is 0. The van der Waals surface area contributed by atoms with Gasteiger partial charge in [-0.25, -0.2) is 13.4 Å². The maximum absolute atomic E-state index is 12.3. The molecular weight excluding hydrogens is 272 g/mol. The lowest BCUT2D eigenvalue weighted by molar-refractivity contribution is 0.518. The van der Waals surface area contributed by atoms with E-state index in [9.17, 15) is 8.42 Å². The first-order valence-corrected chi connectivity index (χ1v) is 8.62. The number of rotatable bonds is 1. The van der Waals surface area contributed by atoms with E-state index in [-0.39, 0.29) is 10.5 Å². The van der Waals surface area contributed by atoms with E-state index in [0.717, 1.165) is 30.5 Å². The largest absolute Gasteiger partial charge is 0.307 e. The third kappa shape index (κ3) is 1.73. The van der Waals surface area contributed by atoms with E-state index >= 15 is 0 Å². The highest BCUT2D eigenvalue weighted by Crippen LogP contribution is 2.39. The number of allylic oxidation sites excluding steroid dienone is 1. The van der Waals surface area contributed by atoms with Gasteiger partial charge < -0.3 is 4.40 Å². The van der Waals surface area contributed by atoms with Crippen LogP contribution in [0.1, 0.15) is 31.2 Å². The van der Waals surface area contributed by atoms with Gasteiger partial charge in [-0.3, -0.25) is 0 Å². The molecule has 2 bridgehead atoms. The second kappa shape index (κ2) is 4.19. The molecule has 1 fully saturated rings. The van der Waals surface area contributed by atoms with Gasteiger partial charge in [-0.05, 0) is 42.5 Å². The normalized spacial score (nSPS) is 28.3. The van der Waals surface area contributed by atoms with Gasteiger partial charge in [0.05, 0.1) is 10.5 Å².